The van der Waals surface area contributed by atoms with E-state index in [0.29, 0.717) is 16.0 Å². The lowest BCUT2D eigenvalue weighted by Crippen LogP contribution is -2.36. The molecule has 0 spiro atoms. The topological polar surface area (TPSA) is 23.5 Å². The summed E-state index contributed by atoms with van der Waals surface area (Å²) in [6.45, 7) is 3.23. The first-order valence-electron chi connectivity index (χ1n) is 5.96. The van der Waals surface area contributed by atoms with Gasteiger partial charge < -0.3 is 5.11 Å². The van der Waals surface area contributed by atoms with E-state index < -0.39 is 0 Å². The first-order chi connectivity index (χ1) is 8.19. The monoisotopic (exact) mass is 273 g/mol. The minimum atomic E-state index is 0.290. The number of aliphatic hydroxyl groups is 1. The van der Waals surface area contributed by atoms with Crippen LogP contribution in [0.3, 0.4) is 0 Å². The number of hydrogen-bond donors (Lipinski definition) is 1. The predicted molar refractivity (Wildman–Crippen MR) is 71.5 cm³/mol. The SMILES string of the molecule is OCC1CCCN(Cc2ccc(Cl)c(Cl)c2)C1. The highest BCUT2D eigenvalue weighted by Crippen LogP contribution is 2.24. The van der Waals surface area contributed by atoms with Crippen molar-refractivity contribution in [2.45, 2.75) is 19.4 Å². The van der Waals surface area contributed by atoms with E-state index in [1.165, 1.54) is 5.56 Å². The largest absolute Gasteiger partial charge is 0.396 e. The Morgan fingerprint density at radius 3 is 2.82 bits per heavy atom. The molecule has 4 heteroatoms. The molecule has 2 rings (SSSR count). The van der Waals surface area contributed by atoms with E-state index in [2.05, 4.69) is 4.90 Å². The van der Waals surface area contributed by atoms with E-state index >= 15 is 0 Å². The van der Waals surface area contributed by atoms with Crippen LogP contribution in [0.25, 0.3) is 0 Å². The van der Waals surface area contributed by atoms with Crippen molar-refractivity contribution in [1.29, 1.82) is 0 Å². The molecular weight excluding hydrogens is 257 g/mol. The summed E-state index contributed by atoms with van der Waals surface area (Å²) in [4.78, 5) is 2.37. The maximum absolute atomic E-state index is 9.19. The zero-order valence-electron chi connectivity index (χ0n) is 9.70. The van der Waals surface area contributed by atoms with Crippen LogP contribution in [0.4, 0.5) is 0 Å². The predicted octanol–water partition coefficient (Wildman–Crippen LogP) is 3.20. The molecule has 1 aliphatic rings. The fourth-order valence-electron chi connectivity index (χ4n) is 2.34. The van der Waals surface area contributed by atoms with E-state index in [-0.39, 0.29) is 6.61 Å². The Balaban J connectivity index is 1.97. The third kappa shape index (κ3) is 3.59. The number of rotatable bonds is 3. The Bertz CT molecular complexity index is 384. The molecule has 0 saturated carbocycles. The van der Waals surface area contributed by atoms with Gasteiger partial charge in [-0.15, -0.1) is 0 Å². The maximum atomic E-state index is 9.19. The average Bonchev–Trinajstić information content (AvgIpc) is 2.34. The van der Waals surface area contributed by atoms with Gasteiger partial charge in [0.2, 0.25) is 0 Å². The molecule has 1 aromatic carbocycles. The zero-order chi connectivity index (χ0) is 12.3. The molecule has 0 amide bonds. The minimum absolute atomic E-state index is 0.290. The van der Waals surface area contributed by atoms with Gasteiger partial charge in [0, 0.05) is 19.7 Å². The minimum Gasteiger partial charge on any atom is -0.396 e. The van der Waals surface area contributed by atoms with Crippen LogP contribution < -0.4 is 0 Å². The first kappa shape index (κ1) is 13.2. The molecule has 1 heterocycles. The lowest BCUT2D eigenvalue weighted by molar-refractivity contribution is 0.116. The van der Waals surface area contributed by atoms with Crippen molar-refractivity contribution in [3.05, 3.63) is 33.8 Å². The Kier molecular flexibility index (Phi) is 4.69. The fourth-order valence-corrected chi connectivity index (χ4v) is 2.66. The van der Waals surface area contributed by atoms with Gasteiger partial charge >= 0.3 is 0 Å². The van der Waals surface area contributed by atoms with Gasteiger partial charge in [-0.2, -0.15) is 0 Å². The smallest absolute Gasteiger partial charge is 0.0595 e. The van der Waals surface area contributed by atoms with Gasteiger partial charge in [0.15, 0.2) is 0 Å². The van der Waals surface area contributed by atoms with E-state index in [0.717, 1.165) is 32.5 Å². The molecule has 1 aromatic rings. The lowest BCUT2D eigenvalue weighted by atomic mass is 9.98. The van der Waals surface area contributed by atoms with Gasteiger partial charge in [0.05, 0.1) is 10.0 Å². The van der Waals surface area contributed by atoms with Gasteiger partial charge in [0.25, 0.3) is 0 Å². The molecule has 17 heavy (non-hydrogen) atoms. The summed E-state index contributed by atoms with van der Waals surface area (Å²) < 4.78 is 0. The van der Waals surface area contributed by atoms with Crippen molar-refractivity contribution in [3.63, 3.8) is 0 Å². The fraction of sp³-hybridized carbons (Fsp3) is 0.538. The number of likely N-dealkylation sites (tertiary alicyclic amines) is 1. The standard InChI is InChI=1S/C13H17Cl2NO/c14-12-4-3-10(6-13(12)15)7-16-5-1-2-11(8-16)9-17/h3-4,6,11,17H,1-2,5,7-9H2. The number of nitrogens with zero attached hydrogens (tertiary/aromatic N) is 1. The highest BCUT2D eigenvalue weighted by atomic mass is 35.5. The molecule has 0 aliphatic carbocycles. The summed E-state index contributed by atoms with van der Waals surface area (Å²) in [5.74, 6) is 0.423. The second-order valence-electron chi connectivity index (χ2n) is 4.67. The van der Waals surface area contributed by atoms with Gasteiger partial charge in [-0.05, 0) is 43.0 Å². The van der Waals surface area contributed by atoms with E-state index in [1.807, 2.05) is 18.2 Å². The maximum Gasteiger partial charge on any atom is 0.0595 e. The average molecular weight is 274 g/mol. The molecule has 0 bridgehead atoms. The Labute approximate surface area is 112 Å². The van der Waals surface area contributed by atoms with E-state index in [4.69, 9.17) is 23.2 Å². The first-order valence-corrected chi connectivity index (χ1v) is 6.72. The summed E-state index contributed by atoms with van der Waals surface area (Å²) >= 11 is 11.9. The number of piperidine rings is 1. The molecule has 1 saturated heterocycles. The van der Waals surface area contributed by atoms with Crippen LogP contribution in [-0.4, -0.2) is 29.7 Å². The van der Waals surface area contributed by atoms with Crippen molar-refractivity contribution in [2.24, 2.45) is 5.92 Å². The molecule has 1 fully saturated rings. The van der Waals surface area contributed by atoms with E-state index in [1.54, 1.807) is 0 Å². The summed E-state index contributed by atoms with van der Waals surface area (Å²) in [5, 5.41) is 10.4. The highest BCUT2D eigenvalue weighted by molar-refractivity contribution is 6.42. The van der Waals surface area contributed by atoms with Crippen LogP contribution in [-0.2, 0) is 6.54 Å². The lowest BCUT2D eigenvalue weighted by Gasteiger charge is -2.31. The van der Waals surface area contributed by atoms with Crippen LogP contribution in [0.2, 0.25) is 10.0 Å². The van der Waals surface area contributed by atoms with Crippen molar-refractivity contribution >= 4 is 23.2 Å². The second-order valence-corrected chi connectivity index (χ2v) is 5.49. The third-order valence-corrected chi connectivity index (χ3v) is 3.99. The molecule has 0 radical (unpaired) electrons. The highest BCUT2D eigenvalue weighted by Gasteiger charge is 2.19. The summed E-state index contributed by atoms with van der Waals surface area (Å²) in [6, 6.07) is 5.77. The molecule has 94 valence electrons. The Morgan fingerprint density at radius 2 is 2.12 bits per heavy atom. The Morgan fingerprint density at radius 1 is 1.29 bits per heavy atom. The van der Waals surface area contributed by atoms with Gasteiger partial charge in [-0.3, -0.25) is 4.90 Å². The van der Waals surface area contributed by atoms with Crippen LogP contribution in [0.1, 0.15) is 18.4 Å². The van der Waals surface area contributed by atoms with Crippen molar-refractivity contribution in [2.75, 3.05) is 19.7 Å². The normalized spacial score (nSPS) is 21.7. The van der Waals surface area contributed by atoms with Gasteiger partial charge in [-0.25, -0.2) is 0 Å². The zero-order valence-corrected chi connectivity index (χ0v) is 11.2. The third-order valence-electron chi connectivity index (χ3n) is 3.25. The summed E-state index contributed by atoms with van der Waals surface area (Å²) in [7, 11) is 0. The quantitative estimate of drug-likeness (QED) is 0.915. The van der Waals surface area contributed by atoms with Crippen LogP contribution in [0.15, 0.2) is 18.2 Å². The molecular formula is C13H17Cl2NO. The molecule has 0 aromatic heterocycles. The van der Waals surface area contributed by atoms with Gasteiger partial charge in [-0.1, -0.05) is 29.3 Å². The number of aliphatic hydroxyl groups excluding tert-OH is 1. The summed E-state index contributed by atoms with van der Waals surface area (Å²) in [5.41, 5.74) is 1.18. The van der Waals surface area contributed by atoms with Crippen LogP contribution in [0.5, 0.6) is 0 Å². The summed E-state index contributed by atoms with van der Waals surface area (Å²) in [6.07, 6.45) is 2.29. The van der Waals surface area contributed by atoms with E-state index in [9.17, 15) is 5.11 Å². The second kappa shape index (κ2) is 6.05. The number of halogens is 2. The number of hydrogen-bond acceptors (Lipinski definition) is 2. The Hall–Kier alpha value is -0.280. The van der Waals surface area contributed by atoms with Crippen LogP contribution >= 0.6 is 23.2 Å². The molecule has 2 nitrogen and oxygen atoms in total. The van der Waals surface area contributed by atoms with Crippen molar-refractivity contribution in [3.8, 4) is 0 Å². The van der Waals surface area contributed by atoms with Gasteiger partial charge in [0.1, 0.15) is 0 Å². The van der Waals surface area contributed by atoms with Crippen molar-refractivity contribution < 1.29 is 5.11 Å². The molecule has 1 atom stereocenters. The molecule has 1 N–H and O–H groups in total. The van der Waals surface area contributed by atoms with Crippen molar-refractivity contribution in [1.82, 2.24) is 4.90 Å². The molecule has 1 unspecified atom stereocenters. The number of benzene rings is 1. The van der Waals surface area contributed by atoms with Crippen LogP contribution in [0, 0.1) is 5.92 Å². The molecule has 1 aliphatic heterocycles.